The molecule has 0 spiro atoms. The van der Waals surface area contributed by atoms with Crippen molar-refractivity contribution in [3.05, 3.63) is 0 Å². The number of carbonyl (C=O) groups is 1. The lowest BCUT2D eigenvalue weighted by Crippen LogP contribution is -2.44. The zero-order valence-electron chi connectivity index (χ0n) is 9.76. The van der Waals surface area contributed by atoms with Crippen molar-refractivity contribution >= 4 is 17.5 Å². The lowest BCUT2D eigenvalue weighted by Gasteiger charge is -2.36. The molecular formula is C11H17ClF3NO. The third-order valence-corrected chi connectivity index (χ3v) is 3.60. The first-order valence-electron chi connectivity index (χ1n) is 5.82. The van der Waals surface area contributed by atoms with E-state index in [1.165, 1.54) is 0 Å². The maximum absolute atomic E-state index is 12.5. The molecule has 6 heteroatoms. The molecule has 2 nitrogen and oxygen atoms in total. The fourth-order valence-electron chi connectivity index (χ4n) is 2.43. The van der Waals surface area contributed by atoms with Crippen LogP contribution < -0.4 is 0 Å². The number of amides is 1. The fraction of sp³-hybridized carbons (Fsp3) is 0.909. The topological polar surface area (TPSA) is 20.3 Å². The SMILES string of the molecule is CCN(C(=O)CCl)C1CCC(C(F)(F)F)CC1. The van der Waals surface area contributed by atoms with E-state index in [4.69, 9.17) is 11.6 Å². The largest absolute Gasteiger partial charge is 0.391 e. The van der Waals surface area contributed by atoms with Crippen LogP contribution in [0, 0.1) is 5.92 Å². The highest BCUT2D eigenvalue weighted by atomic mass is 35.5. The van der Waals surface area contributed by atoms with Gasteiger partial charge in [0.05, 0.1) is 5.92 Å². The van der Waals surface area contributed by atoms with Crippen molar-refractivity contribution in [2.45, 2.75) is 44.8 Å². The lowest BCUT2D eigenvalue weighted by atomic mass is 9.85. The van der Waals surface area contributed by atoms with Gasteiger partial charge in [-0.25, -0.2) is 0 Å². The molecule has 0 bridgehead atoms. The molecule has 1 rings (SSSR count). The Morgan fingerprint density at radius 1 is 1.29 bits per heavy atom. The number of rotatable bonds is 3. The minimum Gasteiger partial charge on any atom is -0.339 e. The molecule has 0 aromatic carbocycles. The van der Waals surface area contributed by atoms with Gasteiger partial charge in [-0.05, 0) is 32.6 Å². The molecule has 0 saturated heterocycles. The monoisotopic (exact) mass is 271 g/mol. The van der Waals surface area contributed by atoms with Crippen LogP contribution in [0.5, 0.6) is 0 Å². The molecule has 17 heavy (non-hydrogen) atoms. The molecule has 0 aliphatic heterocycles. The second kappa shape index (κ2) is 5.94. The molecule has 0 unspecified atom stereocenters. The van der Waals surface area contributed by atoms with Gasteiger partial charge in [-0.2, -0.15) is 13.2 Å². The molecule has 0 heterocycles. The highest BCUT2D eigenvalue weighted by Gasteiger charge is 2.42. The summed E-state index contributed by atoms with van der Waals surface area (Å²) in [6.45, 7) is 2.33. The first-order chi connectivity index (χ1) is 7.90. The number of carbonyl (C=O) groups excluding carboxylic acids is 1. The van der Waals surface area contributed by atoms with Gasteiger partial charge in [0.25, 0.3) is 0 Å². The van der Waals surface area contributed by atoms with E-state index in [1.54, 1.807) is 4.90 Å². The summed E-state index contributed by atoms with van der Waals surface area (Å²) < 4.78 is 37.4. The Labute approximate surface area is 104 Å². The van der Waals surface area contributed by atoms with Gasteiger partial charge in [-0.1, -0.05) is 0 Å². The smallest absolute Gasteiger partial charge is 0.339 e. The molecule has 1 amide bonds. The highest BCUT2D eigenvalue weighted by molar-refractivity contribution is 6.27. The second-order valence-electron chi connectivity index (χ2n) is 4.36. The van der Waals surface area contributed by atoms with E-state index in [-0.39, 0.29) is 30.7 Å². The third kappa shape index (κ3) is 3.76. The van der Waals surface area contributed by atoms with Gasteiger partial charge < -0.3 is 4.90 Å². The maximum Gasteiger partial charge on any atom is 0.391 e. The van der Waals surface area contributed by atoms with Crippen molar-refractivity contribution in [1.29, 1.82) is 0 Å². The van der Waals surface area contributed by atoms with Crippen LogP contribution in [0.1, 0.15) is 32.6 Å². The van der Waals surface area contributed by atoms with Gasteiger partial charge >= 0.3 is 6.18 Å². The average molecular weight is 272 g/mol. The van der Waals surface area contributed by atoms with Crippen LogP contribution in [0.3, 0.4) is 0 Å². The summed E-state index contributed by atoms with van der Waals surface area (Å²) in [6.07, 6.45) is -3.04. The Morgan fingerprint density at radius 3 is 2.18 bits per heavy atom. The van der Waals surface area contributed by atoms with Crippen molar-refractivity contribution in [2.75, 3.05) is 12.4 Å². The summed E-state index contributed by atoms with van der Waals surface area (Å²) in [5, 5.41) is 0. The molecule has 1 aliphatic carbocycles. The molecule has 0 N–H and O–H groups in total. The van der Waals surface area contributed by atoms with Gasteiger partial charge in [0.2, 0.25) is 5.91 Å². The van der Waals surface area contributed by atoms with Crippen LogP contribution in [-0.4, -0.2) is 35.4 Å². The van der Waals surface area contributed by atoms with E-state index >= 15 is 0 Å². The quantitative estimate of drug-likeness (QED) is 0.722. The van der Waals surface area contributed by atoms with Gasteiger partial charge in [0.1, 0.15) is 5.88 Å². The van der Waals surface area contributed by atoms with Crippen molar-refractivity contribution in [2.24, 2.45) is 5.92 Å². The average Bonchev–Trinajstić information content (AvgIpc) is 2.29. The summed E-state index contributed by atoms with van der Waals surface area (Å²) in [4.78, 5) is 13.1. The maximum atomic E-state index is 12.5. The Balaban J connectivity index is 2.53. The Morgan fingerprint density at radius 2 is 1.82 bits per heavy atom. The van der Waals surface area contributed by atoms with E-state index in [0.717, 1.165) is 0 Å². The third-order valence-electron chi connectivity index (χ3n) is 3.38. The van der Waals surface area contributed by atoms with Gasteiger partial charge in [0, 0.05) is 12.6 Å². The van der Waals surface area contributed by atoms with Crippen molar-refractivity contribution < 1.29 is 18.0 Å². The summed E-state index contributed by atoms with van der Waals surface area (Å²) in [6, 6.07) is -0.0788. The molecule has 1 aliphatic rings. The number of hydrogen-bond acceptors (Lipinski definition) is 1. The Kier molecular flexibility index (Phi) is 5.10. The van der Waals surface area contributed by atoms with Gasteiger partial charge in [-0.3, -0.25) is 4.79 Å². The molecule has 1 saturated carbocycles. The van der Waals surface area contributed by atoms with Crippen LogP contribution in [0.4, 0.5) is 13.2 Å². The van der Waals surface area contributed by atoms with Crippen LogP contribution in [0.25, 0.3) is 0 Å². The Hall–Kier alpha value is -0.450. The predicted octanol–water partition coefficient (Wildman–Crippen LogP) is 3.19. The summed E-state index contributed by atoms with van der Waals surface area (Å²) in [5.41, 5.74) is 0. The van der Waals surface area contributed by atoms with Crippen LogP contribution in [0.2, 0.25) is 0 Å². The molecule has 0 radical (unpaired) electrons. The van der Waals surface area contributed by atoms with Crippen LogP contribution in [-0.2, 0) is 4.79 Å². The predicted molar refractivity (Wildman–Crippen MR) is 59.9 cm³/mol. The molecule has 100 valence electrons. The van der Waals surface area contributed by atoms with E-state index < -0.39 is 12.1 Å². The van der Waals surface area contributed by atoms with Crippen molar-refractivity contribution in [3.63, 3.8) is 0 Å². The lowest BCUT2D eigenvalue weighted by molar-refractivity contribution is -0.184. The molecular weight excluding hydrogens is 255 g/mol. The van der Waals surface area contributed by atoms with E-state index in [2.05, 4.69) is 0 Å². The van der Waals surface area contributed by atoms with E-state index in [0.29, 0.717) is 19.4 Å². The minimum absolute atomic E-state index is 0.0788. The van der Waals surface area contributed by atoms with Crippen LogP contribution in [0.15, 0.2) is 0 Å². The number of alkyl halides is 4. The standard InChI is InChI=1S/C11H17ClF3NO/c1-2-16(10(17)7-12)9-5-3-8(4-6-9)11(13,14)15/h8-9H,2-7H2,1H3. The zero-order valence-corrected chi connectivity index (χ0v) is 10.5. The fourth-order valence-corrected chi connectivity index (χ4v) is 2.58. The van der Waals surface area contributed by atoms with Gasteiger partial charge in [0.15, 0.2) is 0 Å². The van der Waals surface area contributed by atoms with Gasteiger partial charge in [-0.15, -0.1) is 11.6 Å². The summed E-state index contributed by atoms with van der Waals surface area (Å²) >= 11 is 5.47. The Bertz CT molecular complexity index is 262. The highest BCUT2D eigenvalue weighted by Crippen LogP contribution is 2.38. The molecule has 0 aromatic heterocycles. The normalized spacial score (nSPS) is 25.7. The second-order valence-corrected chi connectivity index (χ2v) is 4.63. The van der Waals surface area contributed by atoms with Crippen molar-refractivity contribution in [1.82, 2.24) is 4.90 Å². The zero-order chi connectivity index (χ0) is 13.1. The summed E-state index contributed by atoms with van der Waals surface area (Å²) in [7, 11) is 0. The first-order valence-corrected chi connectivity index (χ1v) is 6.35. The van der Waals surface area contributed by atoms with E-state index in [9.17, 15) is 18.0 Å². The first kappa shape index (κ1) is 14.6. The molecule has 0 aromatic rings. The van der Waals surface area contributed by atoms with E-state index in [1.807, 2.05) is 6.92 Å². The molecule has 0 atom stereocenters. The van der Waals surface area contributed by atoms with Crippen LogP contribution >= 0.6 is 11.6 Å². The number of hydrogen-bond donors (Lipinski definition) is 0. The number of nitrogens with zero attached hydrogens (tertiary/aromatic N) is 1. The minimum atomic E-state index is -4.10. The molecule has 1 fully saturated rings. The van der Waals surface area contributed by atoms with Crippen molar-refractivity contribution in [3.8, 4) is 0 Å². The number of halogens is 4. The summed E-state index contributed by atoms with van der Waals surface area (Å²) in [5.74, 6) is -1.50.